The summed E-state index contributed by atoms with van der Waals surface area (Å²) in [5.74, 6) is 0.943. The first-order valence-electron chi connectivity index (χ1n) is 5.97. The van der Waals surface area contributed by atoms with Gasteiger partial charge in [-0.3, -0.25) is 0 Å². The summed E-state index contributed by atoms with van der Waals surface area (Å²) in [6, 6.07) is 6.12. The van der Waals surface area contributed by atoms with E-state index in [0.29, 0.717) is 6.61 Å². The Bertz CT molecular complexity index is 522. The number of aromatic nitrogens is 1. The van der Waals surface area contributed by atoms with E-state index in [1.807, 2.05) is 19.2 Å². The standard InChI is InChI=1S/C14H18N2OS/c1-10-5-4-6-13(11(10)2)17-8-12-9-18-14(16-12)7-15-3/h4-6,9,15H,7-8H2,1-3H3. The van der Waals surface area contributed by atoms with E-state index in [0.717, 1.165) is 23.0 Å². The average molecular weight is 262 g/mol. The van der Waals surface area contributed by atoms with Crippen molar-refractivity contribution in [3.05, 3.63) is 45.4 Å². The van der Waals surface area contributed by atoms with Crippen LogP contribution in [0.1, 0.15) is 21.8 Å². The van der Waals surface area contributed by atoms with Gasteiger partial charge in [0.25, 0.3) is 0 Å². The summed E-state index contributed by atoms with van der Waals surface area (Å²) < 4.78 is 5.82. The third kappa shape index (κ3) is 3.09. The van der Waals surface area contributed by atoms with Gasteiger partial charge in [0.2, 0.25) is 0 Å². The molecule has 1 aromatic heterocycles. The van der Waals surface area contributed by atoms with Crippen LogP contribution in [-0.4, -0.2) is 12.0 Å². The van der Waals surface area contributed by atoms with Gasteiger partial charge in [-0.05, 0) is 38.1 Å². The fourth-order valence-electron chi connectivity index (χ4n) is 1.68. The van der Waals surface area contributed by atoms with Gasteiger partial charge >= 0.3 is 0 Å². The predicted octanol–water partition coefficient (Wildman–Crippen LogP) is 3.06. The van der Waals surface area contributed by atoms with Crippen molar-refractivity contribution in [1.29, 1.82) is 0 Å². The summed E-state index contributed by atoms with van der Waals surface area (Å²) in [5, 5.41) is 6.24. The van der Waals surface area contributed by atoms with Crippen LogP contribution in [0.2, 0.25) is 0 Å². The maximum atomic E-state index is 5.82. The Hall–Kier alpha value is -1.39. The fraction of sp³-hybridized carbons (Fsp3) is 0.357. The number of rotatable bonds is 5. The van der Waals surface area contributed by atoms with Crippen molar-refractivity contribution >= 4 is 11.3 Å². The monoisotopic (exact) mass is 262 g/mol. The molecule has 0 aliphatic carbocycles. The van der Waals surface area contributed by atoms with Crippen molar-refractivity contribution in [2.45, 2.75) is 27.0 Å². The molecule has 0 unspecified atom stereocenters. The molecule has 2 aromatic rings. The number of hydrogen-bond acceptors (Lipinski definition) is 4. The Balaban J connectivity index is 2.00. The number of thiazole rings is 1. The third-order valence-electron chi connectivity index (χ3n) is 2.86. The van der Waals surface area contributed by atoms with Gasteiger partial charge in [-0.25, -0.2) is 4.98 Å². The molecule has 18 heavy (non-hydrogen) atoms. The zero-order chi connectivity index (χ0) is 13.0. The first-order valence-corrected chi connectivity index (χ1v) is 6.85. The Morgan fingerprint density at radius 3 is 2.94 bits per heavy atom. The molecule has 0 amide bonds. The average Bonchev–Trinajstić information content (AvgIpc) is 2.79. The highest BCUT2D eigenvalue weighted by Crippen LogP contribution is 2.22. The lowest BCUT2D eigenvalue weighted by atomic mass is 10.1. The summed E-state index contributed by atoms with van der Waals surface area (Å²) >= 11 is 1.66. The largest absolute Gasteiger partial charge is 0.487 e. The lowest BCUT2D eigenvalue weighted by Crippen LogP contribution is -2.05. The van der Waals surface area contributed by atoms with E-state index < -0.39 is 0 Å². The first kappa shape index (κ1) is 13.1. The minimum Gasteiger partial charge on any atom is -0.487 e. The van der Waals surface area contributed by atoms with Crippen LogP contribution in [0.15, 0.2) is 23.6 Å². The number of nitrogens with one attached hydrogen (secondary N) is 1. The molecule has 0 bridgehead atoms. The highest BCUT2D eigenvalue weighted by Gasteiger charge is 2.05. The molecule has 0 atom stereocenters. The number of hydrogen-bond donors (Lipinski definition) is 1. The van der Waals surface area contributed by atoms with Crippen molar-refractivity contribution in [3.63, 3.8) is 0 Å². The summed E-state index contributed by atoms with van der Waals surface area (Å²) in [6.07, 6.45) is 0. The van der Waals surface area contributed by atoms with Gasteiger partial charge < -0.3 is 10.1 Å². The van der Waals surface area contributed by atoms with E-state index in [9.17, 15) is 0 Å². The highest BCUT2D eigenvalue weighted by molar-refractivity contribution is 7.09. The van der Waals surface area contributed by atoms with Crippen molar-refractivity contribution in [2.75, 3.05) is 7.05 Å². The Morgan fingerprint density at radius 1 is 1.33 bits per heavy atom. The molecule has 0 aliphatic heterocycles. The molecule has 3 nitrogen and oxygen atoms in total. The topological polar surface area (TPSA) is 34.2 Å². The minimum atomic E-state index is 0.532. The van der Waals surface area contributed by atoms with E-state index in [-0.39, 0.29) is 0 Å². The molecule has 0 saturated carbocycles. The van der Waals surface area contributed by atoms with E-state index in [2.05, 4.69) is 35.6 Å². The molecule has 1 N–H and O–H groups in total. The van der Waals surface area contributed by atoms with Crippen molar-refractivity contribution in [3.8, 4) is 5.75 Å². The van der Waals surface area contributed by atoms with Crippen molar-refractivity contribution in [2.24, 2.45) is 0 Å². The van der Waals surface area contributed by atoms with E-state index in [1.165, 1.54) is 11.1 Å². The molecular weight excluding hydrogens is 244 g/mol. The van der Waals surface area contributed by atoms with Crippen LogP contribution in [0.3, 0.4) is 0 Å². The normalized spacial score (nSPS) is 10.6. The van der Waals surface area contributed by atoms with Crippen LogP contribution in [0.5, 0.6) is 5.75 Å². The molecule has 0 radical (unpaired) electrons. The molecule has 0 aliphatic rings. The quantitative estimate of drug-likeness (QED) is 0.899. The van der Waals surface area contributed by atoms with Gasteiger partial charge in [0.1, 0.15) is 17.4 Å². The van der Waals surface area contributed by atoms with E-state index >= 15 is 0 Å². The molecule has 0 spiro atoms. The van der Waals surface area contributed by atoms with E-state index in [1.54, 1.807) is 11.3 Å². The molecule has 0 fully saturated rings. The van der Waals surface area contributed by atoms with Crippen molar-refractivity contribution < 1.29 is 4.74 Å². The second-order valence-electron chi connectivity index (χ2n) is 4.25. The predicted molar refractivity (Wildman–Crippen MR) is 75.1 cm³/mol. The molecule has 96 valence electrons. The van der Waals surface area contributed by atoms with Gasteiger partial charge in [0, 0.05) is 11.9 Å². The zero-order valence-electron chi connectivity index (χ0n) is 11.0. The molecular formula is C14H18N2OS. The van der Waals surface area contributed by atoms with Crippen LogP contribution in [0.25, 0.3) is 0 Å². The van der Waals surface area contributed by atoms with Crippen LogP contribution in [0.4, 0.5) is 0 Å². The van der Waals surface area contributed by atoms with Crippen LogP contribution in [-0.2, 0) is 13.2 Å². The molecule has 0 saturated heterocycles. The van der Waals surface area contributed by atoms with Crippen LogP contribution in [0, 0.1) is 13.8 Å². The maximum Gasteiger partial charge on any atom is 0.131 e. The second kappa shape index (κ2) is 5.98. The molecule has 4 heteroatoms. The van der Waals surface area contributed by atoms with Gasteiger partial charge in [-0.1, -0.05) is 12.1 Å². The fourth-order valence-corrected chi connectivity index (χ4v) is 2.47. The summed E-state index contributed by atoms with van der Waals surface area (Å²) in [6.45, 7) is 5.52. The van der Waals surface area contributed by atoms with Gasteiger partial charge in [0.05, 0.1) is 5.69 Å². The second-order valence-corrected chi connectivity index (χ2v) is 5.19. The number of nitrogens with zero attached hydrogens (tertiary/aromatic N) is 1. The van der Waals surface area contributed by atoms with Gasteiger partial charge in [-0.15, -0.1) is 11.3 Å². The summed E-state index contributed by atoms with van der Waals surface area (Å²) in [4.78, 5) is 4.50. The zero-order valence-corrected chi connectivity index (χ0v) is 11.8. The van der Waals surface area contributed by atoms with Crippen LogP contribution < -0.4 is 10.1 Å². The third-order valence-corrected chi connectivity index (χ3v) is 3.76. The smallest absolute Gasteiger partial charge is 0.131 e. The number of aryl methyl sites for hydroxylation is 1. The minimum absolute atomic E-state index is 0.532. The number of benzene rings is 1. The summed E-state index contributed by atoms with van der Waals surface area (Å²) in [5.41, 5.74) is 3.44. The lowest BCUT2D eigenvalue weighted by molar-refractivity contribution is 0.299. The summed E-state index contributed by atoms with van der Waals surface area (Å²) in [7, 11) is 1.92. The Labute approximate surface area is 112 Å². The van der Waals surface area contributed by atoms with Gasteiger partial charge in [-0.2, -0.15) is 0 Å². The Morgan fingerprint density at radius 2 is 2.17 bits per heavy atom. The maximum absolute atomic E-state index is 5.82. The Kier molecular flexibility index (Phi) is 4.33. The first-order chi connectivity index (χ1) is 8.70. The van der Waals surface area contributed by atoms with Gasteiger partial charge in [0.15, 0.2) is 0 Å². The van der Waals surface area contributed by atoms with E-state index in [4.69, 9.17) is 4.74 Å². The molecule has 1 aromatic carbocycles. The lowest BCUT2D eigenvalue weighted by Gasteiger charge is -2.09. The molecule has 2 rings (SSSR count). The van der Waals surface area contributed by atoms with Crippen LogP contribution >= 0.6 is 11.3 Å². The molecule has 1 heterocycles. The highest BCUT2D eigenvalue weighted by atomic mass is 32.1. The SMILES string of the molecule is CNCc1nc(COc2cccc(C)c2C)cs1. The van der Waals surface area contributed by atoms with Crippen molar-refractivity contribution in [1.82, 2.24) is 10.3 Å². The number of ether oxygens (including phenoxy) is 1.